The van der Waals surface area contributed by atoms with Gasteiger partial charge in [-0.05, 0) is 18.8 Å². The van der Waals surface area contributed by atoms with Crippen LogP contribution in [0, 0.1) is 11.8 Å². The summed E-state index contributed by atoms with van der Waals surface area (Å²) in [4.78, 5) is 11.7. The number of rotatable bonds is 36. The van der Waals surface area contributed by atoms with Gasteiger partial charge in [0.15, 0.2) is 0 Å². The van der Waals surface area contributed by atoms with Crippen molar-refractivity contribution >= 4 is 5.97 Å². The molecule has 252 valence electrons. The first-order chi connectivity index (χ1) is 20.6. The van der Waals surface area contributed by atoms with Gasteiger partial charge in [0.25, 0.3) is 0 Å². The van der Waals surface area contributed by atoms with Crippen LogP contribution in [-0.4, -0.2) is 11.1 Å². The van der Waals surface area contributed by atoms with Crippen molar-refractivity contribution in [1.29, 1.82) is 0 Å². The van der Waals surface area contributed by atoms with E-state index in [1.807, 2.05) is 0 Å². The van der Waals surface area contributed by atoms with Gasteiger partial charge in [0.05, 0.1) is 5.92 Å². The Morgan fingerprint density at radius 3 is 0.810 bits per heavy atom. The summed E-state index contributed by atoms with van der Waals surface area (Å²) in [6.07, 6.45) is 45.8. The lowest BCUT2D eigenvalue weighted by Crippen LogP contribution is -2.13. The number of aliphatic carboxylic acids is 1. The van der Waals surface area contributed by atoms with Gasteiger partial charge in [-0.3, -0.25) is 4.79 Å². The predicted molar refractivity (Wildman–Crippen MR) is 189 cm³/mol. The van der Waals surface area contributed by atoms with E-state index >= 15 is 0 Å². The Kier molecular flexibility index (Phi) is 34.5. The summed E-state index contributed by atoms with van der Waals surface area (Å²) in [5, 5.41) is 9.64. The Hall–Kier alpha value is -0.530. The van der Waals surface area contributed by atoms with Gasteiger partial charge in [-0.1, -0.05) is 226 Å². The van der Waals surface area contributed by atoms with Gasteiger partial charge in [0.2, 0.25) is 0 Å². The molecule has 0 radical (unpaired) electrons. The third-order valence-corrected chi connectivity index (χ3v) is 9.59. The van der Waals surface area contributed by atoms with Crippen LogP contribution in [0.1, 0.15) is 239 Å². The first-order valence-electron chi connectivity index (χ1n) is 19.8. The van der Waals surface area contributed by atoms with E-state index in [9.17, 15) is 9.90 Å². The van der Waals surface area contributed by atoms with Gasteiger partial charge in [0, 0.05) is 0 Å². The Morgan fingerprint density at radius 2 is 0.595 bits per heavy atom. The van der Waals surface area contributed by atoms with Crippen LogP contribution in [0.5, 0.6) is 0 Å². The van der Waals surface area contributed by atoms with Crippen LogP contribution in [0.3, 0.4) is 0 Å². The highest BCUT2D eigenvalue weighted by molar-refractivity contribution is 5.69. The lowest BCUT2D eigenvalue weighted by molar-refractivity contribution is -0.142. The molecule has 0 spiro atoms. The highest BCUT2D eigenvalue weighted by Gasteiger charge is 2.16. The lowest BCUT2D eigenvalue weighted by atomic mass is 9.94. The van der Waals surface area contributed by atoms with Crippen molar-refractivity contribution in [1.82, 2.24) is 0 Å². The van der Waals surface area contributed by atoms with E-state index in [4.69, 9.17) is 0 Å². The van der Waals surface area contributed by atoms with Crippen LogP contribution >= 0.6 is 0 Å². The molecule has 0 rings (SSSR count). The van der Waals surface area contributed by atoms with Gasteiger partial charge in [-0.15, -0.1) is 0 Å². The molecule has 0 amide bonds. The molecule has 42 heavy (non-hydrogen) atoms. The van der Waals surface area contributed by atoms with Gasteiger partial charge in [-0.2, -0.15) is 0 Å². The van der Waals surface area contributed by atoms with E-state index in [0.29, 0.717) is 0 Å². The average molecular weight is 593 g/mol. The molecule has 0 aromatic carbocycles. The zero-order valence-corrected chi connectivity index (χ0v) is 29.6. The SMILES string of the molecule is CCCCCCCCCCCCCCCCCCCCC(CCCCCCCCCCCCCCCC(C)C)C(=O)O. The maximum Gasteiger partial charge on any atom is 0.306 e. The van der Waals surface area contributed by atoms with Crippen LogP contribution in [0.15, 0.2) is 0 Å². The summed E-state index contributed by atoms with van der Waals surface area (Å²) >= 11 is 0. The summed E-state index contributed by atoms with van der Waals surface area (Å²) in [5.41, 5.74) is 0. The van der Waals surface area contributed by atoms with E-state index in [-0.39, 0.29) is 5.92 Å². The average Bonchev–Trinajstić information content (AvgIpc) is 2.97. The molecule has 0 bridgehead atoms. The molecular formula is C40H80O2. The van der Waals surface area contributed by atoms with Crippen LogP contribution in [-0.2, 0) is 4.79 Å². The van der Waals surface area contributed by atoms with E-state index in [0.717, 1.165) is 31.6 Å². The molecule has 0 saturated carbocycles. The molecule has 0 aliphatic carbocycles. The third kappa shape index (κ3) is 34.0. The summed E-state index contributed by atoms with van der Waals surface area (Å²) < 4.78 is 0. The van der Waals surface area contributed by atoms with Crippen molar-refractivity contribution in [2.45, 2.75) is 239 Å². The topological polar surface area (TPSA) is 37.3 Å². The maximum absolute atomic E-state index is 11.7. The predicted octanol–water partition coefficient (Wildman–Crippen LogP) is 14.6. The molecule has 1 atom stereocenters. The molecule has 2 nitrogen and oxygen atoms in total. The monoisotopic (exact) mass is 593 g/mol. The quantitative estimate of drug-likeness (QED) is 0.0735. The minimum Gasteiger partial charge on any atom is -0.481 e. The highest BCUT2D eigenvalue weighted by Crippen LogP contribution is 2.21. The number of carbonyl (C=O) groups is 1. The molecule has 0 saturated heterocycles. The Bertz CT molecular complexity index is 514. The summed E-state index contributed by atoms with van der Waals surface area (Å²) in [7, 11) is 0. The van der Waals surface area contributed by atoms with E-state index in [1.165, 1.54) is 193 Å². The fraction of sp³-hybridized carbons (Fsp3) is 0.975. The first kappa shape index (κ1) is 41.5. The van der Waals surface area contributed by atoms with Crippen molar-refractivity contribution in [3.05, 3.63) is 0 Å². The maximum atomic E-state index is 11.7. The van der Waals surface area contributed by atoms with E-state index in [1.54, 1.807) is 0 Å². The van der Waals surface area contributed by atoms with Crippen LogP contribution in [0.4, 0.5) is 0 Å². The van der Waals surface area contributed by atoms with Crippen LogP contribution in [0.25, 0.3) is 0 Å². The normalized spacial score (nSPS) is 12.4. The van der Waals surface area contributed by atoms with Crippen molar-refractivity contribution in [3.8, 4) is 0 Å². The smallest absolute Gasteiger partial charge is 0.306 e. The Labute approximate surface area is 266 Å². The minimum atomic E-state index is -0.554. The molecular weight excluding hydrogens is 512 g/mol. The number of unbranched alkanes of at least 4 members (excludes halogenated alkanes) is 29. The second-order valence-corrected chi connectivity index (χ2v) is 14.4. The second kappa shape index (κ2) is 35.0. The zero-order chi connectivity index (χ0) is 30.8. The third-order valence-electron chi connectivity index (χ3n) is 9.59. The van der Waals surface area contributed by atoms with E-state index in [2.05, 4.69) is 20.8 Å². The van der Waals surface area contributed by atoms with Crippen molar-refractivity contribution < 1.29 is 9.90 Å². The van der Waals surface area contributed by atoms with E-state index < -0.39 is 5.97 Å². The highest BCUT2D eigenvalue weighted by atomic mass is 16.4. The standard InChI is InChI=1S/C40H80O2/c1-4-5-6-7-8-9-10-11-12-13-14-15-18-21-24-27-30-33-36-39(40(41)42)37-34-31-28-25-22-19-16-17-20-23-26-29-32-35-38(2)3/h38-39H,4-37H2,1-3H3,(H,41,42). The summed E-state index contributed by atoms with van der Waals surface area (Å²) in [6, 6.07) is 0. The second-order valence-electron chi connectivity index (χ2n) is 14.4. The molecule has 0 aliphatic rings. The Balaban J connectivity index is 3.37. The van der Waals surface area contributed by atoms with Gasteiger partial charge >= 0.3 is 5.97 Å². The Morgan fingerprint density at radius 1 is 0.381 bits per heavy atom. The molecule has 0 aliphatic heterocycles. The number of hydrogen-bond acceptors (Lipinski definition) is 1. The van der Waals surface area contributed by atoms with Gasteiger partial charge in [-0.25, -0.2) is 0 Å². The fourth-order valence-electron chi connectivity index (χ4n) is 6.57. The number of carboxylic acids is 1. The van der Waals surface area contributed by atoms with Crippen LogP contribution in [0.2, 0.25) is 0 Å². The zero-order valence-electron chi connectivity index (χ0n) is 29.6. The molecule has 0 heterocycles. The molecule has 0 aromatic heterocycles. The van der Waals surface area contributed by atoms with Crippen molar-refractivity contribution in [2.75, 3.05) is 0 Å². The summed E-state index contributed by atoms with van der Waals surface area (Å²) in [5.74, 6) is 0.213. The summed E-state index contributed by atoms with van der Waals surface area (Å²) in [6.45, 7) is 6.95. The largest absolute Gasteiger partial charge is 0.481 e. The fourth-order valence-corrected chi connectivity index (χ4v) is 6.57. The molecule has 1 unspecified atom stereocenters. The molecule has 0 fully saturated rings. The molecule has 2 heteroatoms. The van der Waals surface area contributed by atoms with Gasteiger partial charge in [0.1, 0.15) is 0 Å². The molecule has 1 N–H and O–H groups in total. The van der Waals surface area contributed by atoms with Crippen molar-refractivity contribution in [2.24, 2.45) is 11.8 Å². The number of hydrogen-bond donors (Lipinski definition) is 1. The van der Waals surface area contributed by atoms with Crippen molar-refractivity contribution in [3.63, 3.8) is 0 Å². The lowest BCUT2D eigenvalue weighted by Gasteiger charge is -2.12. The van der Waals surface area contributed by atoms with Crippen LogP contribution < -0.4 is 0 Å². The molecule has 0 aromatic rings. The minimum absolute atomic E-state index is 0.101. The van der Waals surface area contributed by atoms with Gasteiger partial charge < -0.3 is 5.11 Å². The first-order valence-corrected chi connectivity index (χ1v) is 19.8. The number of carboxylic acid groups (broad SMARTS) is 1.